The second kappa shape index (κ2) is 5.29. The van der Waals surface area contributed by atoms with E-state index in [1.54, 1.807) is 6.92 Å². The maximum absolute atomic E-state index is 13.1. The van der Waals surface area contributed by atoms with Crippen molar-refractivity contribution in [3.05, 3.63) is 30.4 Å². The summed E-state index contributed by atoms with van der Waals surface area (Å²) in [5, 5.41) is 2.66. The van der Waals surface area contributed by atoms with Gasteiger partial charge in [-0.3, -0.25) is 0 Å². The monoisotopic (exact) mass is 214 g/mol. The molecule has 0 spiro atoms. The lowest BCUT2D eigenvalue weighted by Gasteiger charge is -2.08. The second-order valence-corrected chi connectivity index (χ2v) is 2.74. The smallest absolute Gasteiger partial charge is 0.252 e. The number of pyridine rings is 1. The molecule has 0 bridgehead atoms. The number of halogens is 2. The number of nitrogens with one attached hydrogen (secondary N) is 1. The molecule has 1 heterocycles. The summed E-state index contributed by atoms with van der Waals surface area (Å²) in [6, 6.07) is 0.739. The van der Waals surface area contributed by atoms with Crippen LogP contribution in [0.4, 0.5) is 14.6 Å². The van der Waals surface area contributed by atoms with Crippen molar-refractivity contribution in [2.45, 2.75) is 6.92 Å². The molecular formula is C10H12F2N2O. The lowest BCUT2D eigenvalue weighted by atomic mass is 10.4. The van der Waals surface area contributed by atoms with Crippen molar-refractivity contribution in [3.63, 3.8) is 0 Å². The number of nitrogens with zero attached hydrogens (tertiary/aromatic N) is 1. The Hall–Kier alpha value is -1.65. The molecule has 0 aromatic carbocycles. The Kier molecular flexibility index (Phi) is 4.03. The van der Waals surface area contributed by atoms with Gasteiger partial charge in [0.15, 0.2) is 17.5 Å². The van der Waals surface area contributed by atoms with E-state index in [2.05, 4.69) is 16.9 Å². The van der Waals surface area contributed by atoms with Crippen LogP contribution in [0, 0.1) is 11.6 Å². The molecule has 0 atom stereocenters. The van der Waals surface area contributed by atoms with Crippen LogP contribution in [0.5, 0.6) is 5.88 Å². The number of hydrogen-bond acceptors (Lipinski definition) is 3. The van der Waals surface area contributed by atoms with Crippen molar-refractivity contribution in [2.24, 2.45) is 0 Å². The molecule has 0 fully saturated rings. The zero-order chi connectivity index (χ0) is 11.3. The van der Waals surface area contributed by atoms with Gasteiger partial charge in [-0.1, -0.05) is 12.7 Å². The maximum atomic E-state index is 13.1. The molecule has 1 N–H and O–H groups in total. The number of aromatic nitrogens is 1. The molecule has 5 heteroatoms. The van der Waals surface area contributed by atoms with E-state index in [9.17, 15) is 8.78 Å². The molecule has 82 valence electrons. The fraction of sp³-hybridized carbons (Fsp3) is 0.300. The third-order valence-corrected chi connectivity index (χ3v) is 1.58. The van der Waals surface area contributed by atoms with Crippen LogP contribution in [0.25, 0.3) is 0 Å². The molecular weight excluding hydrogens is 202 g/mol. The molecule has 0 radical (unpaired) electrons. The first kappa shape index (κ1) is 11.4. The van der Waals surface area contributed by atoms with E-state index in [-0.39, 0.29) is 18.3 Å². The minimum Gasteiger partial charge on any atom is -0.471 e. The molecule has 0 aliphatic carbocycles. The highest BCUT2D eigenvalue weighted by Gasteiger charge is 2.11. The standard InChI is InChI=1S/C10H12F2N2O/c1-3-5-15-10-8(12)6-7(11)9(14-10)13-4-2/h3,6H,1,4-5H2,2H3,(H,13,14). The lowest BCUT2D eigenvalue weighted by molar-refractivity contribution is 0.325. The van der Waals surface area contributed by atoms with Gasteiger partial charge in [0.2, 0.25) is 0 Å². The van der Waals surface area contributed by atoms with Gasteiger partial charge in [-0.25, -0.2) is 8.78 Å². The van der Waals surface area contributed by atoms with Gasteiger partial charge >= 0.3 is 0 Å². The Morgan fingerprint density at radius 1 is 1.53 bits per heavy atom. The van der Waals surface area contributed by atoms with E-state index >= 15 is 0 Å². The molecule has 0 aliphatic heterocycles. The number of rotatable bonds is 5. The summed E-state index contributed by atoms with van der Waals surface area (Å²) in [7, 11) is 0. The summed E-state index contributed by atoms with van der Waals surface area (Å²) in [5.41, 5.74) is 0. The van der Waals surface area contributed by atoms with Crippen LogP contribution in [0.2, 0.25) is 0 Å². The van der Waals surface area contributed by atoms with Crippen molar-refractivity contribution >= 4 is 5.82 Å². The molecule has 1 aromatic heterocycles. The second-order valence-electron chi connectivity index (χ2n) is 2.74. The van der Waals surface area contributed by atoms with Crippen LogP contribution in [0.15, 0.2) is 18.7 Å². The largest absolute Gasteiger partial charge is 0.471 e. The average molecular weight is 214 g/mol. The highest BCUT2D eigenvalue weighted by atomic mass is 19.1. The molecule has 1 rings (SSSR count). The van der Waals surface area contributed by atoms with Crippen molar-refractivity contribution in [1.82, 2.24) is 4.98 Å². The summed E-state index contributed by atoms with van der Waals surface area (Å²) in [4.78, 5) is 3.67. The van der Waals surface area contributed by atoms with Gasteiger partial charge in [0.25, 0.3) is 5.88 Å². The Morgan fingerprint density at radius 2 is 2.27 bits per heavy atom. The highest BCUT2D eigenvalue weighted by Crippen LogP contribution is 2.20. The third-order valence-electron chi connectivity index (χ3n) is 1.58. The van der Waals surface area contributed by atoms with Gasteiger partial charge in [-0.2, -0.15) is 4.98 Å². The van der Waals surface area contributed by atoms with E-state index in [0.29, 0.717) is 6.54 Å². The summed E-state index contributed by atoms with van der Waals surface area (Å²) in [6.07, 6.45) is 1.46. The Bertz CT molecular complexity index is 356. The SMILES string of the molecule is C=CCOc1nc(NCC)c(F)cc1F. The first-order valence-electron chi connectivity index (χ1n) is 4.52. The zero-order valence-electron chi connectivity index (χ0n) is 8.39. The van der Waals surface area contributed by atoms with E-state index in [1.165, 1.54) is 6.08 Å². The molecule has 3 nitrogen and oxygen atoms in total. The van der Waals surface area contributed by atoms with E-state index in [4.69, 9.17) is 4.74 Å². The van der Waals surface area contributed by atoms with Gasteiger partial charge < -0.3 is 10.1 Å². The van der Waals surface area contributed by atoms with Crippen molar-refractivity contribution in [1.29, 1.82) is 0 Å². The van der Waals surface area contributed by atoms with Crippen molar-refractivity contribution < 1.29 is 13.5 Å². The topological polar surface area (TPSA) is 34.1 Å². The number of hydrogen-bond donors (Lipinski definition) is 1. The fourth-order valence-electron chi connectivity index (χ4n) is 0.980. The molecule has 0 amide bonds. The van der Waals surface area contributed by atoms with E-state index in [0.717, 1.165) is 6.07 Å². The van der Waals surface area contributed by atoms with Gasteiger partial charge in [-0.05, 0) is 6.92 Å². The summed E-state index contributed by atoms with van der Waals surface area (Å²) in [6.45, 7) is 5.83. The first-order chi connectivity index (χ1) is 7.19. The summed E-state index contributed by atoms with van der Waals surface area (Å²) >= 11 is 0. The van der Waals surface area contributed by atoms with Crippen LogP contribution in [-0.4, -0.2) is 18.1 Å². The van der Waals surface area contributed by atoms with Crippen LogP contribution >= 0.6 is 0 Å². The highest BCUT2D eigenvalue weighted by molar-refractivity contribution is 5.39. The molecule has 0 saturated heterocycles. The quantitative estimate of drug-likeness (QED) is 0.764. The van der Waals surface area contributed by atoms with E-state index < -0.39 is 11.6 Å². The lowest BCUT2D eigenvalue weighted by Crippen LogP contribution is -2.06. The normalized spacial score (nSPS) is 9.80. The van der Waals surface area contributed by atoms with Gasteiger partial charge in [-0.15, -0.1) is 0 Å². The Labute approximate surface area is 86.8 Å². The summed E-state index contributed by atoms with van der Waals surface area (Å²) in [5.74, 6) is -1.80. The number of anilines is 1. The zero-order valence-corrected chi connectivity index (χ0v) is 8.39. The minimum absolute atomic E-state index is 0.0158. The van der Waals surface area contributed by atoms with Crippen LogP contribution < -0.4 is 10.1 Å². The third kappa shape index (κ3) is 2.90. The van der Waals surface area contributed by atoms with Crippen molar-refractivity contribution in [2.75, 3.05) is 18.5 Å². The number of ether oxygens (including phenoxy) is 1. The maximum Gasteiger partial charge on any atom is 0.252 e. The van der Waals surface area contributed by atoms with Gasteiger partial charge in [0.05, 0.1) is 0 Å². The molecule has 1 aromatic rings. The van der Waals surface area contributed by atoms with Crippen LogP contribution in [0.3, 0.4) is 0 Å². The molecule has 0 aliphatic rings. The van der Waals surface area contributed by atoms with Gasteiger partial charge in [0.1, 0.15) is 6.61 Å². The Morgan fingerprint density at radius 3 is 2.87 bits per heavy atom. The van der Waals surface area contributed by atoms with Crippen LogP contribution in [-0.2, 0) is 0 Å². The molecule has 15 heavy (non-hydrogen) atoms. The fourth-order valence-corrected chi connectivity index (χ4v) is 0.980. The minimum atomic E-state index is -0.823. The molecule has 0 unspecified atom stereocenters. The molecule has 0 saturated carbocycles. The van der Waals surface area contributed by atoms with E-state index in [1.807, 2.05) is 0 Å². The Balaban J connectivity index is 2.94. The van der Waals surface area contributed by atoms with Gasteiger partial charge in [0, 0.05) is 12.6 Å². The van der Waals surface area contributed by atoms with Crippen molar-refractivity contribution in [3.8, 4) is 5.88 Å². The average Bonchev–Trinajstić information content (AvgIpc) is 2.20. The predicted molar refractivity (Wildman–Crippen MR) is 54.0 cm³/mol. The van der Waals surface area contributed by atoms with Crippen LogP contribution in [0.1, 0.15) is 6.92 Å². The predicted octanol–water partition coefficient (Wildman–Crippen LogP) is 2.36. The first-order valence-corrected chi connectivity index (χ1v) is 4.52. The summed E-state index contributed by atoms with van der Waals surface area (Å²) < 4.78 is 31.1.